The van der Waals surface area contributed by atoms with Crippen LogP contribution in [-0.2, 0) is 6.54 Å². The van der Waals surface area contributed by atoms with Gasteiger partial charge < -0.3 is 10.6 Å². The van der Waals surface area contributed by atoms with Gasteiger partial charge in [-0.05, 0) is 36.2 Å². The van der Waals surface area contributed by atoms with E-state index in [4.69, 9.17) is 11.6 Å². The van der Waals surface area contributed by atoms with Crippen molar-refractivity contribution < 1.29 is 9.72 Å². The summed E-state index contributed by atoms with van der Waals surface area (Å²) in [6, 6.07) is 17.2. The first kappa shape index (κ1) is 21.3. The molecular weight excluding hydrogens is 404 g/mol. The first-order valence-electron chi connectivity index (χ1n) is 9.47. The van der Waals surface area contributed by atoms with Gasteiger partial charge in [-0.1, -0.05) is 48.9 Å². The third kappa shape index (κ3) is 5.12. The Morgan fingerprint density at radius 3 is 2.60 bits per heavy atom. The van der Waals surface area contributed by atoms with E-state index in [0.717, 1.165) is 5.56 Å². The van der Waals surface area contributed by atoms with Crippen LogP contribution in [0.4, 0.5) is 11.4 Å². The number of amides is 1. The van der Waals surface area contributed by atoms with Crippen LogP contribution in [0.2, 0.25) is 5.02 Å². The molecule has 7 nitrogen and oxygen atoms in total. The van der Waals surface area contributed by atoms with E-state index in [1.165, 1.54) is 12.1 Å². The quantitative estimate of drug-likeness (QED) is 0.385. The molecule has 1 unspecified atom stereocenters. The van der Waals surface area contributed by atoms with Crippen LogP contribution < -0.4 is 10.6 Å². The number of nitro benzene ring substituents is 1. The Morgan fingerprint density at radius 2 is 1.93 bits per heavy atom. The third-order valence-electron chi connectivity index (χ3n) is 4.65. The van der Waals surface area contributed by atoms with Crippen molar-refractivity contribution in [2.45, 2.75) is 25.9 Å². The zero-order chi connectivity index (χ0) is 21.5. The predicted molar refractivity (Wildman–Crippen MR) is 117 cm³/mol. The summed E-state index contributed by atoms with van der Waals surface area (Å²) in [6.45, 7) is 2.19. The van der Waals surface area contributed by atoms with Gasteiger partial charge in [-0.2, -0.15) is 0 Å². The van der Waals surface area contributed by atoms with E-state index in [9.17, 15) is 14.9 Å². The standard InChI is InChI=1S/C22H21ClN4O3/c1-2-18(15-7-4-3-5-8-15)26-22(28)16-10-11-19(21(13-16)27(29)30)25-14-20-17(23)9-6-12-24-20/h3-13,18,25H,2,14H2,1H3,(H,26,28). The molecule has 0 fully saturated rings. The lowest BCUT2D eigenvalue weighted by Crippen LogP contribution is -2.28. The smallest absolute Gasteiger partial charge is 0.293 e. The number of hydrogen-bond donors (Lipinski definition) is 2. The molecular formula is C22H21ClN4O3. The van der Waals surface area contributed by atoms with E-state index < -0.39 is 4.92 Å². The molecule has 30 heavy (non-hydrogen) atoms. The summed E-state index contributed by atoms with van der Waals surface area (Å²) >= 11 is 6.08. The molecule has 0 radical (unpaired) electrons. The molecule has 0 saturated heterocycles. The molecule has 154 valence electrons. The maximum Gasteiger partial charge on any atom is 0.293 e. The van der Waals surface area contributed by atoms with Crippen molar-refractivity contribution in [3.8, 4) is 0 Å². The first-order chi connectivity index (χ1) is 14.5. The summed E-state index contributed by atoms with van der Waals surface area (Å²) in [5.74, 6) is -0.367. The fraction of sp³-hybridized carbons (Fsp3) is 0.182. The number of carbonyl (C=O) groups is 1. The van der Waals surface area contributed by atoms with Crippen molar-refractivity contribution in [2.24, 2.45) is 0 Å². The number of benzene rings is 2. The number of anilines is 1. The summed E-state index contributed by atoms with van der Waals surface area (Å²) < 4.78 is 0. The largest absolute Gasteiger partial charge is 0.374 e. The van der Waals surface area contributed by atoms with Gasteiger partial charge in [-0.15, -0.1) is 0 Å². The van der Waals surface area contributed by atoms with E-state index in [-0.39, 0.29) is 35.4 Å². The van der Waals surface area contributed by atoms with Crippen molar-refractivity contribution in [2.75, 3.05) is 5.32 Å². The average molecular weight is 425 g/mol. The predicted octanol–water partition coefficient (Wildman–Crippen LogP) is 5.14. The number of halogens is 1. The van der Waals surface area contributed by atoms with Crippen molar-refractivity contribution in [1.29, 1.82) is 0 Å². The van der Waals surface area contributed by atoms with Crippen molar-refractivity contribution in [3.63, 3.8) is 0 Å². The Morgan fingerprint density at radius 1 is 1.17 bits per heavy atom. The van der Waals surface area contributed by atoms with Gasteiger partial charge in [-0.25, -0.2) is 0 Å². The van der Waals surface area contributed by atoms with Crippen LogP contribution in [-0.4, -0.2) is 15.8 Å². The van der Waals surface area contributed by atoms with Gasteiger partial charge in [0.05, 0.1) is 28.2 Å². The Bertz CT molecular complexity index is 1040. The number of pyridine rings is 1. The number of nitrogens with zero attached hydrogens (tertiary/aromatic N) is 2. The Kier molecular flexibility index (Phi) is 6.98. The molecule has 3 rings (SSSR count). The highest BCUT2D eigenvalue weighted by molar-refractivity contribution is 6.31. The van der Waals surface area contributed by atoms with E-state index in [1.54, 1.807) is 24.4 Å². The van der Waals surface area contributed by atoms with Gasteiger partial charge in [0, 0.05) is 17.8 Å². The maximum atomic E-state index is 12.7. The molecule has 0 aliphatic heterocycles. The molecule has 0 bridgehead atoms. The second kappa shape index (κ2) is 9.84. The zero-order valence-electron chi connectivity index (χ0n) is 16.3. The van der Waals surface area contributed by atoms with Gasteiger partial charge in [0.25, 0.3) is 11.6 Å². The second-order valence-corrected chi connectivity index (χ2v) is 7.03. The maximum absolute atomic E-state index is 12.7. The molecule has 8 heteroatoms. The summed E-state index contributed by atoms with van der Waals surface area (Å²) in [6.07, 6.45) is 2.30. The SMILES string of the molecule is CCC(NC(=O)c1ccc(NCc2ncccc2Cl)c([N+](=O)[O-])c1)c1ccccc1. The van der Waals surface area contributed by atoms with Crippen LogP contribution in [0, 0.1) is 10.1 Å². The first-order valence-corrected chi connectivity index (χ1v) is 9.85. The van der Waals surface area contributed by atoms with E-state index in [0.29, 0.717) is 17.1 Å². The number of nitro groups is 1. The van der Waals surface area contributed by atoms with E-state index in [1.807, 2.05) is 37.3 Å². The second-order valence-electron chi connectivity index (χ2n) is 6.62. The molecule has 1 aromatic heterocycles. The van der Waals surface area contributed by atoms with Crippen LogP contribution >= 0.6 is 11.6 Å². The average Bonchev–Trinajstić information content (AvgIpc) is 2.77. The molecule has 1 amide bonds. The normalized spacial score (nSPS) is 11.5. The van der Waals surface area contributed by atoms with Crippen molar-refractivity contribution in [1.82, 2.24) is 10.3 Å². The van der Waals surface area contributed by atoms with Crippen LogP contribution in [0.3, 0.4) is 0 Å². The molecule has 2 aromatic carbocycles. The Hall–Kier alpha value is -3.45. The molecule has 0 aliphatic carbocycles. The molecule has 0 saturated carbocycles. The van der Waals surface area contributed by atoms with Crippen molar-refractivity contribution >= 4 is 28.9 Å². The number of carbonyl (C=O) groups excluding carboxylic acids is 1. The molecule has 1 heterocycles. The zero-order valence-corrected chi connectivity index (χ0v) is 17.1. The molecule has 2 N–H and O–H groups in total. The lowest BCUT2D eigenvalue weighted by Gasteiger charge is -2.17. The Balaban J connectivity index is 1.77. The topological polar surface area (TPSA) is 97.2 Å². The van der Waals surface area contributed by atoms with Gasteiger partial charge in [0.15, 0.2) is 0 Å². The fourth-order valence-electron chi connectivity index (χ4n) is 3.05. The van der Waals surface area contributed by atoms with E-state index in [2.05, 4.69) is 15.6 Å². The minimum atomic E-state index is -0.520. The van der Waals surface area contributed by atoms with Crippen LogP contribution in [0.5, 0.6) is 0 Å². The lowest BCUT2D eigenvalue weighted by molar-refractivity contribution is -0.384. The van der Waals surface area contributed by atoms with Crippen LogP contribution in [0.15, 0.2) is 66.9 Å². The van der Waals surface area contributed by atoms with Gasteiger partial charge in [-0.3, -0.25) is 19.9 Å². The van der Waals surface area contributed by atoms with Gasteiger partial charge in [0.1, 0.15) is 5.69 Å². The molecule has 0 spiro atoms. The highest BCUT2D eigenvalue weighted by Crippen LogP contribution is 2.27. The van der Waals surface area contributed by atoms with Crippen molar-refractivity contribution in [3.05, 3.63) is 98.8 Å². The van der Waals surface area contributed by atoms with Crippen LogP contribution in [0.25, 0.3) is 0 Å². The molecule has 0 aliphatic rings. The Labute approximate surface area is 179 Å². The van der Waals surface area contributed by atoms with Crippen LogP contribution in [0.1, 0.15) is 41.0 Å². The summed E-state index contributed by atoms with van der Waals surface area (Å²) in [5, 5.41) is 18.0. The lowest BCUT2D eigenvalue weighted by atomic mass is 10.0. The summed E-state index contributed by atoms with van der Waals surface area (Å²) in [4.78, 5) is 27.9. The molecule has 3 aromatic rings. The molecule has 1 atom stereocenters. The van der Waals surface area contributed by atoms with Gasteiger partial charge in [0.2, 0.25) is 0 Å². The fourth-order valence-corrected chi connectivity index (χ4v) is 3.24. The third-order valence-corrected chi connectivity index (χ3v) is 5.00. The van der Waals surface area contributed by atoms with E-state index >= 15 is 0 Å². The summed E-state index contributed by atoms with van der Waals surface area (Å²) in [5.41, 5.74) is 1.87. The minimum absolute atomic E-state index is 0.179. The highest BCUT2D eigenvalue weighted by Gasteiger charge is 2.20. The number of rotatable bonds is 8. The minimum Gasteiger partial charge on any atom is -0.374 e. The number of nitrogens with one attached hydrogen (secondary N) is 2. The number of hydrogen-bond acceptors (Lipinski definition) is 5. The monoisotopic (exact) mass is 424 g/mol. The number of aromatic nitrogens is 1. The summed E-state index contributed by atoms with van der Waals surface area (Å²) in [7, 11) is 0. The van der Waals surface area contributed by atoms with Gasteiger partial charge >= 0.3 is 0 Å². The highest BCUT2D eigenvalue weighted by atomic mass is 35.5.